The highest BCUT2D eigenvalue weighted by Crippen LogP contribution is 2.82. The Hall–Kier alpha value is -2.61. The third kappa shape index (κ3) is 3.54. The summed E-state index contributed by atoms with van der Waals surface area (Å²) in [6.07, 6.45) is 7.27. The van der Waals surface area contributed by atoms with E-state index >= 15 is 0 Å². The summed E-state index contributed by atoms with van der Waals surface area (Å²) in [5, 5.41) is 20.4. The number of aliphatic imine (C=N–C) groups is 1. The molecule has 0 saturated heterocycles. The molecule has 3 atom stereocenters. The third-order valence-corrected chi connectivity index (χ3v) is 6.59. The van der Waals surface area contributed by atoms with Crippen LogP contribution in [0, 0.1) is 33.5 Å². The standard InChI is InChI=1S/C25H34N4O3/c1-4-7-8-9-10-11-16-30-20-14-12-19(13-15-20)21-23(17-26)22(28)29-25(31-5-2,32-6-3)24(21,23)18-27/h12-15,21H,4-11,16H2,1-3H3,(H2,28,29). The van der Waals surface area contributed by atoms with E-state index in [0.29, 0.717) is 6.61 Å². The molecule has 172 valence electrons. The first-order chi connectivity index (χ1) is 15.5. The van der Waals surface area contributed by atoms with Gasteiger partial charge in [-0.1, -0.05) is 51.2 Å². The second kappa shape index (κ2) is 9.90. The Morgan fingerprint density at radius 1 is 0.938 bits per heavy atom. The first kappa shape index (κ1) is 24.0. The van der Waals surface area contributed by atoms with Gasteiger partial charge in [0.25, 0.3) is 5.91 Å². The lowest BCUT2D eigenvalue weighted by atomic mass is 9.93. The van der Waals surface area contributed by atoms with Gasteiger partial charge >= 0.3 is 0 Å². The van der Waals surface area contributed by atoms with Gasteiger partial charge in [0, 0.05) is 19.1 Å². The summed E-state index contributed by atoms with van der Waals surface area (Å²) >= 11 is 0. The van der Waals surface area contributed by atoms with Crippen LogP contribution >= 0.6 is 0 Å². The molecule has 1 aliphatic heterocycles. The molecule has 7 nitrogen and oxygen atoms in total. The van der Waals surface area contributed by atoms with Crippen molar-refractivity contribution in [2.24, 2.45) is 21.6 Å². The number of unbranched alkanes of at least 4 members (excludes halogenated alkanes) is 5. The molecule has 3 unspecified atom stereocenters. The molecule has 0 aromatic heterocycles. The predicted molar refractivity (Wildman–Crippen MR) is 122 cm³/mol. The predicted octanol–water partition coefficient (Wildman–Crippen LogP) is 4.64. The molecule has 0 radical (unpaired) electrons. The summed E-state index contributed by atoms with van der Waals surface area (Å²) in [6.45, 7) is 7.05. The van der Waals surface area contributed by atoms with Crippen LogP contribution in [0.2, 0.25) is 0 Å². The van der Waals surface area contributed by atoms with Gasteiger partial charge in [0.15, 0.2) is 5.41 Å². The van der Waals surface area contributed by atoms with E-state index in [4.69, 9.17) is 19.9 Å². The van der Waals surface area contributed by atoms with E-state index in [1.165, 1.54) is 32.1 Å². The van der Waals surface area contributed by atoms with Crippen molar-refractivity contribution in [3.8, 4) is 17.9 Å². The summed E-state index contributed by atoms with van der Waals surface area (Å²) in [6, 6.07) is 12.2. The topological polar surface area (TPSA) is 114 Å². The zero-order valence-electron chi connectivity index (χ0n) is 19.4. The lowest BCUT2D eigenvalue weighted by Gasteiger charge is -2.31. The molecule has 2 aliphatic rings. The van der Waals surface area contributed by atoms with Crippen LogP contribution in [-0.2, 0) is 9.47 Å². The largest absolute Gasteiger partial charge is 0.494 e. The zero-order chi connectivity index (χ0) is 23.2. The normalized spacial score (nSPS) is 27.2. The first-order valence-corrected chi connectivity index (χ1v) is 11.7. The van der Waals surface area contributed by atoms with Gasteiger partial charge in [-0.15, -0.1) is 0 Å². The molecule has 1 aromatic rings. The number of amidine groups is 1. The average molecular weight is 439 g/mol. The SMILES string of the molecule is CCCCCCCCOc1ccc(C2C3(C#N)C(N)=NC(OCC)(OCC)C23C#N)cc1. The van der Waals surface area contributed by atoms with Crippen molar-refractivity contribution in [2.45, 2.75) is 71.1 Å². The van der Waals surface area contributed by atoms with Gasteiger partial charge in [0.2, 0.25) is 0 Å². The maximum absolute atomic E-state index is 10.3. The number of benzene rings is 1. The molecule has 1 aliphatic carbocycles. The minimum Gasteiger partial charge on any atom is -0.494 e. The highest BCUT2D eigenvalue weighted by molar-refractivity contribution is 6.00. The maximum Gasteiger partial charge on any atom is 0.293 e. The molecule has 32 heavy (non-hydrogen) atoms. The van der Waals surface area contributed by atoms with Crippen molar-refractivity contribution in [1.29, 1.82) is 10.5 Å². The molecule has 1 fully saturated rings. The van der Waals surface area contributed by atoms with E-state index < -0.39 is 22.7 Å². The Bertz CT molecular complexity index is 895. The van der Waals surface area contributed by atoms with Crippen LogP contribution < -0.4 is 10.5 Å². The van der Waals surface area contributed by atoms with E-state index in [1.54, 1.807) is 13.8 Å². The van der Waals surface area contributed by atoms with Gasteiger partial charge in [-0.3, -0.25) is 0 Å². The zero-order valence-corrected chi connectivity index (χ0v) is 19.4. The van der Waals surface area contributed by atoms with Gasteiger partial charge in [0.1, 0.15) is 17.0 Å². The fourth-order valence-corrected chi connectivity index (χ4v) is 5.08. The van der Waals surface area contributed by atoms with Crippen LogP contribution in [0.5, 0.6) is 5.75 Å². The summed E-state index contributed by atoms with van der Waals surface area (Å²) in [5.41, 5.74) is 4.46. The molecule has 0 bridgehead atoms. The molecule has 0 spiro atoms. The molecule has 0 amide bonds. The Morgan fingerprint density at radius 2 is 1.56 bits per heavy atom. The molecule has 7 heteroatoms. The number of hydrogen-bond acceptors (Lipinski definition) is 7. The van der Waals surface area contributed by atoms with Gasteiger partial charge in [-0.25, -0.2) is 4.99 Å². The summed E-state index contributed by atoms with van der Waals surface area (Å²) in [7, 11) is 0. The number of nitriles is 2. The second-order valence-corrected chi connectivity index (χ2v) is 8.40. The number of nitrogens with two attached hydrogens (primary N) is 1. The number of rotatable bonds is 13. The molecule has 1 saturated carbocycles. The van der Waals surface area contributed by atoms with Gasteiger partial charge in [-0.05, 0) is 38.0 Å². The fourth-order valence-electron chi connectivity index (χ4n) is 5.08. The molecule has 2 N–H and O–H groups in total. The van der Waals surface area contributed by atoms with E-state index in [-0.39, 0.29) is 19.0 Å². The minimum absolute atomic E-state index is 0.0943. The Balaban J connectivity index is 1.75. The summed E-state index contributed by atoms with van der Waals surface area (Å²) in [4.78, 5) is 4.37. The highest BCUT2D eigenvalue weighted by Gasteiger charge is 2.93. The van der Waals surface area contributed by atoms with Gasteiger partial charge < -0.3 is 19.9 Å². The fraction of sp³-hybridized carbons (Fsp3) is 0.640. The number of hydrogen-bond donors (Lipinski definition) is 1. The van der Waals surface area contributed by atoms with Crippen LogP contribution in [0.25, 0.3) is 0 Å². The van der Waals surface area contributed by atoms with Crippen molar-refractivity contribution in [1.82, 2.24) is 0 Å². The van der Waals surface area contributed by atoms with E-state index in [1.807, 2.05) is 24.3 Å². The number of nitrogens with zero attached hydrogens (tertiary/aromatic N) is 3. The highest BCUT2D eigenvalue weighted by atomic mass is 16.7. The van der Waals surface area contributed by atoms with Crippen molar-refractivity contribution < 1.29 is 14.2 Å². The summed E-state index contributed by atoms with van der Waals surface area (Å²) < 4.78 is 17.6. The van der Waals surface area contributed by atoms with E-state index in [9.17, 15) is 10.5 Å². The molecular weight excluding hydrogens is 404 g/mol. The molecule has 1 aromatic carbocycles. The Kier molecular flexibility index (Phi) is 7.44. The smallest absolute Gasteiger partial charge is 0.293 e. The Labute approximate surface area is 191 Å². The van der Waals surface area contributed by atoms with Crippen molar-refractivity contribution >= 4 is 5.84 Å². The first-order valence-electron chi connectivity index (χ1n) is 11.7. The van der Waals surface area contributed by atoms with Crippen molar-refractivity contribution in [3.63, 3.8) is 0 Å². The van der Waals surface area contributed by atoms with Crippen LogP contribution in [0.1, 0.15) is 70.8 Å². The lowest BCUT2D eigenvalue weighted by Crippen LogP contribution is -2.43. The molecule has 1 heterocycles. The van der Waals surface area contributed by atoms with Crippen molar-refractivity contribution in [2.75, 3.05) is 19.8 Å². The summed E-state index contributed by atoms with van der Waals surface area (Å²) in [5.74, 6) is -1.21. The number of ether oxygens (including phenoxy) is 3. The second-order valence-electron chi connectivity index (χ2n) is 8.40. The van der Waals surface area contributed by atoms with Gasteiger partial charge in [0.05, 0.1) is 18.7 Å². The maximum atomic E-state index is 10.3. The van der Waals surface area contributed by atoms with Crippen LogP contribution in [-0.4, -0.2) is 31.6 Å². The van der Waals surface area contributed by atoms with E-state index in [2.05, 4.69) is 24.1 Å². The van der Waals surface area contributed by atoms with Crippen LogP contribution in [0.15, 0.2) is 29.3 Å². The minimum atomic E-state index is -1.58. The molecule has 3 rings (SSSR count). The quantitative estimate of drug-likeness (QED) is 0.354. The lowest BCUT2D eigenvalue weighted by molar-refractivity contribution is -0.255. The van der Waals surface area contributed by atoms with Crippen LogP contribution in [0.4, 0.5) is 0 Å². The Morgan fingerprint density at radius 3 is 2.12 bits per heavy atom. The van der Waals surface area contributed by atoms with E-state index in [0.717, 1.165) is 17.7 Å². The molecular formula is C25H34N4O3. The van der Waals surface area contributed by atoms with Crippen LogP contribution in [0.3, 0.4) is 0 Å². The third-order valence-electron chi connectivity index (χ3n) is 6.59. The monoisotopic (exact) mass is 438 g/mol. The average Bonchev–Trinajstić information content (AvgIpc) is 3.38. The number of fused-ring (bicyclic) bond motifs is 1. The van der Waals surface area contributed by atoms with Crippen molar-refractivity contribution in [3.05, 3.63) is 29.8 Å². The van der Waals surface area contributed by atoms with Gasteiger partial charge in [-0.2, -0.15) is 10.5 Å².